The predicted octanol–water partition coefficient (Wildman–Crippen LogP) is 1.69. The number of benzene rings is 1. The van der Waals surface area contributed by atoms with Crippen LogP contribution in [0.3, 0.4) is 0 Å². The van der Waals surface area contributed by atoms with Gasteiger partial charge < -0.3 is 19.3 Å². The Balaban J connectivity index is 2.01. The Morgan fingerprint density at radius 3 is 2.62 bits per heavy atom. The maximum Gasteiger partial charge on any atom is 0.413 e. The minimum absolute atomic E-state index is 0.0221. The van der Waals surface area contributed by atoms with Crippen LogP contribution in [0.1, 0.15) is 15.9 Å². The van der Waals surface area contributed by atoms with Gasteiger partial charge in [0.25, 0.3) is 5.95 Å². The van der Waals surface area contributed by atoms with Gasteiger partial charge in [0.2, 0.25) is 11.8 Å². The van der Waals surface area contributed by atoms with Gasteiger partial charge >= 0.3 is 12.1 Å². The summed E-state index contributed by atoms with van der Waals surface area (Å²) < 4.78 is 29.8. The lowest BCUT2D eigenvalue weighted by Gasteiger charge is -2.11. The second-order valence-corrected chi connectivity index (χ2v) is 5.65. The molecule has 2 N–H and O–H groups in total. The topological polar surface area (TPSA) is 138 Å². The molecule has 2 heterocycles. The standard InChI is InChI=1S/C17H16FN5O6/c1-27-10-6-8(15(25)28-2)4-5-9(10)7-23-12-11(13(18)22-23)19-16(20-14(12)24)21-17(26)29-3/h4-6H,7H2,1-3H3,(H2,19,20,21,24,26). The largest absolute Gasteiger partial charge is 0.496 e. The highest BCUT2D eigenvalue weighted by atomic mass is 19.1. The molecule has 0 saturated carbocycles. The zero-order valence-electron chi connectivity index (χ0n) is 15.6. The number of amides is 1. The van der Waals surface area contributed by atoms with E-state index in [4.69, 9.17) is 4.74 Å². The van der Waals surface area contributed by atoms with Gasteiger partial charge in [0.1, 0.15) is 5.75 Å². The van der Waals surface area contributed by atoms with E-state index in [1.165, 1.54) is 26.4 Å². The van der Waals surface area contributed by atoms with Crippen LogP contribution in [0.4, 0.5) is 15.1 Å². The molecule has 1 amide bonds. The normalized spacial score (nSPS) is 10.6. The number of anilines is 1. The molecule has 2 aromatic heterocycles. The van der Waals surface area contributed by atoms with E-state index in [0.717, 1.165) is 11.8 Å². The van der Waals surface area contributed by atoms with Gasteiger partial charge in [0.05, 0.1) is 33.4 Å². The number of hydrogen-bond donors (Lipinski definition) is 2. The molecule has 11 nitrogen and oxygen atoms in total. The lowest BCUT2D eigenvalue weighted by Crippen LogP contribution is -2.13. The molecule has 12 heteroatoms. The third-order valence-electron chi connectivity index (χ3n) is 3.96. The number of aromatic hydroxyl groups is 1. The Kier molecular flexibility index (Phi) is 5.43. The molecule has 0 aliphatic carbocycles. The van der Waals surface area contributed by atoms with Gasteiger partial charge in [-0.2, -0.15) is 9.37 Å². The molecule has 0 spiro atoms. The molecule has 29 heavy (non-hydrogen) atoms. The number of hydrogen-bond acceptors (Lipinski definition) is 9. The summed E-state index contributed by atoms with van der Waals surface area (Å²) in [6.45, 7) is -0.0221. The molecule has 0 saturated heterocycles. The number of fused-ring (bicyclic) bond motifs is 1. The van der Waals surface area contributed by atoms with Gasteiger partial charge in [0, 0.05) is 5.56 Å². The minimum atomic E-state index is -0.976. The first-order valence-electron chi connectivity index (χ1n) is 8.11. The molecule has 0 unspecified atom stereocenters. The molecular formula is C17H16FN5O6. The number of nitrogens with one attached hydrogen (secondary N) is 1. The third-order valence-corrected chi connectivity index (χ3v) is 3.96. The lowest BCUT2D eigenvalue weighted by atomic mass is 10.1. The number of esters is 1. The van der Waals surface area contributed by atoms with Crippen molar-refractivity contribution in [2.24, 2.45) is 0 Å². The maximum absolute atomic E-state index is 14.3. The number of rotatable bonds is 5. The Hall–Kier alpha value is -3.96. The minimum Gasteiger partial charge on any atom is -0.496 e. The van der Waals surface area contributed by atoms with Crippen LogP contribution in [0.15, 0.2) is 18.2 Å². The quantitative estimate of drug-likeness (QED) is 0.607. The number of aromatic nitrogens is 4. The Bertz CT molecular complexity index is 1100. The SMILES string of the molecule is COC(=O)Nc1nc(O)c2c(n1)c(F)nn2Cc1ccc(C(=O)OC)cc1OC. The Labute approximate surface area is 163 Å². The third kappa shape index (κ3) is 3.85. The van der Waals surface area contributed by atoms with E-state index in [1.807, 2.05) is 0 Å². The Morgan fingerprint density at radius 2 is 1.97 bits per heavy atom. The molecule has 0 bridgehead atoms. The van der Waals surface area contributed by atoms with E-state index in [0.29, 0.717) is 11.3 Å². The molecule has 0 aliphatic rings. The van der Waals surface area contributed by atoms with Crippen LogP contribution < -0.4 is 10.1 Å². The molecule has 0 aliphatic heterocycles. The number of ether oxygens (including phenoxy) is 3. The zero-order valence-corrected chi connectivity index (χ0v) is 15.6. The molecule has 0 radical (unpaired) electrons. The van der Waals surface area contributed by atoms with Crippen LogP contribution in [0, 0.1) is 5.95 Å². The first-order valence-corrected chi connectivity index (χ1v) is 8.11. The average molecular weight is 405 g/mol. The fourth-order valence-electron chi connectivity index (χ4n) is 2.62. The average Bonchev–Trinajstić information content (AvgIpc) is 3.03. The summed E-state index contributed by atoms with van der Waals surface area (Å²) >= 11 is 0. The summed E-state index contributed by atoms with van der Waals surface area (Å²) in [5.41, 5.74) is 0.432. The number of methoxy groups -OCH3 is 3. The molecule has 3 rings (SSSR count). The number of carbonyl (C=O) groups excluding carboxylic acids is 2. The van der Waals surface area contributed by atoms with Gasteiger partial charge in [0.15, 0.2) is 11.0 Å². The first-order chi connectivity index (χ1) is 13.9. The van der Waals surface area contributed by atoms with Crippen molar-refractivity contribution in [3.63, 3.8) is 0 Å². The van der Waals surface area contributed by atoms with Crippen molar-refractivity contribution in [3.05, 3.63) is 35.3 Å². The van der Waals surface area contributed by atoms with Crippen molar-refractivity contribution < 1.29 is 33.3 Å². The van der Waals surface area contributed by atoms with E-state index in [-0.39, 0.29) is 29.1 Å². The summed E-state index contributed by atoms with van der Waals surface area (Å²) in [4.78, 5) is 30.5. The summed E-state index contributed by atoms with van der Waals surface area (Å²) in [6.07, 6.45) is -0.882. The van der Waals surface area contributed by atoms with Crippen molar-refractivity contribution in [2.45, 2.75) is 6.54 Å². The van der Waals surface area contributed by atoms with Crippen molar-refractivity contribution in [1.82, 2.24) is 19.7 Å². The van der Waals surface area contributed by atoms with E-state index in [2.05, 4.69) is 29.9 Å². The Morgan fingerprint density at radius 1 is 1.21 bits per heavy atom. The highest BCUT2D eigenvalue weighted by Crippen LogP contribution is 2.28. The smallest absolute Gasteiger partial charge is 0.413 e. The van der Waals surface area contributed by atoms with Gasteiger partial charge in [-0.3, -0.25) is 10.00 Å². The predicted molar refractivity (Wildman–Crippen MR) is 96.4 cm³/mol. The first kappa shape index (κ1) is 19.8. The van der Waals surface area contributed by atoms with Crippen LogP contribution in [-0.2, 0) is 16.0 Å². The number of halogens is 1. The molecular weight excluding hydrogens is 389 g/mol. The van der Waals surface area contributed by atoms with E-state index in [9.17, 15) is 19.1 Å². The number of carbonyl (C=O) groups is 2. The maximum atomic E-state index is 14.3. The van der Waals surface area contributed by atoms with E-state index in [1.54, 1.807) is 6.07 Å². The van der Waals surface area contributed by atoms with E-state index < -0.39 is 23.9 Å². The van der Waals surface area contributed by atoms with Gasteiger partial charge in [-0.1, -0.05) is 6.07 Å². The molecule has 1 aromatic carbocycles. The van der Waals surface area contributed by atoms with Gasteiger partial charge in [-0.25, -0.2) is 14.6 Å². The second kappa shape index (κ2) is 7.96. The molecule has 3 aromatic rings. The van der Waals surface area contributed by atoms with Crippen LogP contribution >= 0.6 is 0 Å². The lowest BCUT2D eigenvalue weighted by molar-refractivity contribution is 0.0600. The van der Waals surface area contributed by atoms with Crippen LogP contribution in [0.2, 0.25) is 0 Å². The van der Waals surface area contributed by atoms with Gasteiger partial charge in [-0.05, 0) is 12.1 Å². The molecule has 152 valence electrons. The van der Waals surface area contributed by atoms with Crippen LogP contribution in [-0.4, -0.2) is 58.2 Å². The van der Waals surface area contributed by atoms with Crippen LogP contribution in [0.5, 0.6) is 11.6 Å². The summed E-state index contributed by atoms with van der Waals surface area (Å²) in [5.74, 6) is -2.12. The van der Waals surface area contributed by atoms with Crippen molar-refractivity contribution in [2.75, 3.05) is 26.6 Å². The van der Waals surface area contributed by atoms with Gasteiger partial charge in [-0.15, -0.1) is 5.10 Å². The van der Waals surface area contributed by atoms with Crippen LogP contribution in [0.25, 0.3) is 11.0 Å². The molecule has 0 fully saturated rings. The van der Waals surface area contributed by atoms with Crippen molar-refractivity contribution >= 4 is 29.0 Å². The summed E-state index contributed by atoms with van der Waals surface area (Å²) in [5, 5.41) is 16.1. The summed E-state index contributed by atoms with van der Waals surface area (Å²) in [6, 6.07) is 4.57. The van der Waals surface area contributed by atoms with E-state index >= 15 is 0 Å². The highest BCUT2D eigenvalue weighted by Gasteiger charge is 2.21. The fourth-order valence-corrected chi connectivity index (χ4v) is 2.62. The summed E-state index contributed by atoms with van der Waals surface area (Å²) in [7, 11) is 3.80. The van der Waals surface area contributed by atoms with Crippen molar-refractivity contribution in [1.29, 1.82) is 0 Å². The molecule has 0 atom stereocenters. The zero-order chi connectivity index (χ0) is 21.1. The monoisotopic (exact) mass is 405 g/mol. The van der Waals surface area contributed by atoms with Crippen molar-refractivity contribution in [3.8, 4) is 11.6 Å². The number of nitrogens with zero attached hydrogens (tertiary/aromatic N) is 4. The fraction of sp³-hybridized carbons (Fsp3) is 0.235. The second-order valence-electron chi connectivity index (χ2n) is 5.65. The highest BCUT2D eigenvalue weighted by molar-refractivity contribution is 5.90.